The maximum absolute atomic E-state index is 13.3. The largest absolute Gasteiger partial charge is 0.481 e. The Morgan fingerprint density at radius 2 is 2.15 bits per heavy atom. The van der Waals surface area contributed by atoms with Gasteiger partial charge in [0.2, 0.25) is 0 Å². The highest BCUT2D eigenvalue weighted by Gasteiger charge is 2.34. The molecule has 1 N–H and O–H groups in total. The molecule has 0 saturated carbocycles. The van der Waals surface area contributed by atoms with Crippen molar-refractivity contribution in [1.29, 1.82) is 0 Å². The van der Waals surface area contributed by atoms with Crippen LogP contribution in [-0.2, 0) is 24.2 Å². The van der Waals surface area contributed by atoms with Crippen molar-refractivity contribution in [2.75, 3.05) is 0 Å². The summed E-state index contributed by atoms with van der Waals surface area (Å²) in [6.07, 6.45) is 1.94. The van der Waals surface area contributed by atoms with Crippen molar-refractivity contribution in [3.63, 3.8) is 0 Å². The van der Waals surface area contributed by atoms with Gasteiger partial charge in [-0.25, -0.2) is 4.98 Å². The van der Waals surface area contributed by atoms with Crippen molar-refractivity contribution in [3.05, 3.63) is 62.0 Å². The second-order valence-electron chi connectivity index (χ2n) is 6.75. The van der Waals surface area contributed by atoms with Crippen LogP contribution >= 0.6 is 11.3 Å². The fourth-order valence-electron chi connectivity index (χ4n) is 3.80. The predicted molar refractivity (Wildman–Crippen MR) is 102 cm³/mol. The van der Waals surface area contributed by atoms with Crippen molar-refractivity contribution in [3.8, 4) is 0 Å². The van der Waals surface area contributed by atoms with Crippen molar-refractivity contribution in [2.24, 2.45) is 0 Å². The molecular weight excluding hydrogens is 348 g/mol. The molecule has 6 heteroatoms. The number of aliphatic carboxylic acids is 1. The molecule has 2 heterocycles. The van der Waals surface area contributed by atoms with Crippen LogP contribution in [0, 0.1) is 6.92 Å². The molecule has 5 nitrogen and oxygen atoms in total. The minimum atomic E-state index is -0.854. The van der Waals surface area contributed by atoms with Crippen molar-refractivity contribution >= 4 is 27.5 Å². The standard InChI is InChI=1S/C20H20N2O3S/c1-3-15-21-18-17(16-13(20(24)25)8-9-14(16)26-18)19(23)22(15)10-12-7-5-4-6-11(12)2/h4-7,13H,3,8-10H2,1-2H3,(H,24,25). The molecule has 26 heavy (non-hydrogen) atoms. The highest BCUT2D eigenvalue weighted by atomic mass is 32.1. The Labute approximate surface area is 154 Å². The Bertz CT molecular complexity index is 1080. The number of benzene rings is 1. The molecule has 0 saturated heterocycles. The van der Waals surface area contributed by atoms with Crippen LogP contribution in [0.2, 0.25) is 0 Å². The zero-order chi connectivity index (χ0) is 18.4. The summed E-state index contributed by atoms with van der Waals surface area (Å²) in [6.45, 7) is 4.48. The van der Waals surface area contributed by atoms with Crippen LogP contribution in [0.3, 0.4) is 0 Å². The summed E-state index contributed by atoms with van der Waals surface area (Å²) in [5, 5.41) is 10.1. The first-order valence-corrected chi connectivity index (χ1v) is 9.65. The zero-order valence-electron chi connectivity index (χ0n) is 14.8. The van der Waals surface area contributed by atoms with E-state index < -0.39 is 11.9 Å². The van der Waals surface area contributed by atoms with Crippen LogP contribution in [0.1, 0.15) is 46.7 Å². The number of thiophene rings is 1. The van der Waals surface area contributed by atoms with Crippen LogP contribution in [0.4, 0.5) is 0 Å². The van der Waals surface area contributed by atoms with E-state index >= 15 is 0 Å². The molecule has 0 amide bonds. The van der Waals surface area contributed by atoms with Gasteiger partial charge in [-0.3, -0.25) is 14.2 Å². The molecule has 3 aromatic rings. The molecule has 0 aliphatic heterocycles. The van der Waals surface area contributed by atoms with E-state index in [2.05, 4.69) is 0 Å². The van der Waals surface area contributed by atoms with Gasteiger partial charge in [-0.05, 0) is 36.5 Å². The molecule has 4 rings (SSSR count). The summed E-state index contributed by atoms with van der Waals surface area (Å²) in [5.41, 5.74) is 2.80. The van der Waals surface area contributed by atoms with Gasteiger partial charge >= 0.3 is 5.97 Å². The SMILES string of the molecule is CCc1nc2sc3c(c2c(=O)n1Cc1ccccc1C)C(C(=O)O)CC3. The summed E-state index contributed by atoms with van der Waals surface area (Å²) in [7, 11) is 0. The van der Waals surface area contributed by atoms with E-state index in [1.807, 2.05) is 38.1 Å². The Hall–Kier alpha value is -2.47. The first-order valence-electron chi connectivity index (χ1n) is 8.83. The van der Waals surface area contributed by atoms with Gasteiger partial charge in [-0.1, -0.05) is 31.2 Å². The Morgan fingerprint density at radius 3 is 2.85 bits per heavy atom. The third kappa shape index (κ3) is 2.56. The normalized spacial score (nSPS) is 16.2. The summed E-state index contributed by atoms with van der Waals surface area (Å²) in [4.78, 5) is 31.4. The fourth-order valence-corrected chi connectivity index (χ4v) is 5.06. The Kier molecular flexibility index (Phi) is 4.15. The molecule has 1 aliphatic rings. The van der Waals surface area contributed by atoms with Crippen molar-refractivity contribution < 1.29 is 9.90 Å². The van der Waals surface area contributed by atoms with Crippen LogP contribution in [0.25, 0.3) is 10.2 Å². The molecular formula is C20H20N2O3S. The number of carbonyl (C=O) groups is 1. The van der Waals surface area contributed by atoms with E-state index in [1.165, 1.54) is 11.3 Å². The van der Waals surface area contributed by atoms with Gasteiger partial charge < -0.3 is 5.11 Å². The molecule has 1 atom stereocenters. The van der Waals surface area contributed by atoms with Gasteiger partial charge in [-0.2, -0.15) is 0 Å². The minimum Gasteiger partial charge on any atom is -0.481 e. The van der Waals surface area contributed by atoms with Gasteiger partial charge in [0.05, 0.1) is 17.8 Å². The number of carboxylic acid groups (broad SMARTS) is 1. The van der Waals surface area contributed by atoms with Crippen LogP contribution < -0.4 is 5.56 Å². The van der Waals surface area contributed by atoms with Crippen molar-refractivity contribution in [1.82, 2.24) is 9.55 Å². The molecule has 0 fully saturated rings. The lowest BCUT2D eigenvalue weighted by Crippen LogP contribution is -2.26. The van der Waals surface area contributed by atoms with E-state index in [-0.39, 0.29) is 5.56 Å². The highest BCUT2D eigenvalue weighted by Crippen LogP contribution is 2.42. The summed E-state index contributed by atoms with van der Waals surface area (Å²) >= 11 is 1.48. The predicted octanol–water partition coefficient (Wildman–Crippen LogP) is 3.49. The van der Waals surface area contributed by atoms with Gasteiger partial charge in [0.15, 0.2) is 0 Å². The van der Waals surface area contributed by atoms with E-state index in [0.717, 1.165) is 21.8 Å². The second-order valence-corrected chi connectivity index (χ2v) is 7.83. The Morgan fingerprint density at radius 1 is 1.38 bits per heavy atom. The lowest BCUT2D eigenvalue weighted by atomic mass is 10.0. The molecule has 2 aromatic heterocycles. The number of hydrogen-bond donors (Lipinski definition) is 1. The first kappa shape index (κ1) is 17.0. The number of rotatable bonds is 4. The maximum Gasteiger partial charge on any atom is 0.311 e. The second kappa shape index (κ2) is 6.36. The first-order chi connectivity index (χ1) is 12.5. The van der Waals surface area contributed by atoms with Gasteiger partial charge in [0.1, 0.15) is 10.7 Å². The van der Waals surface area contributed by atoms with E-state index in [1.54, 1.807) is 4.57 Å². The fraction of sp³-hybridized carbons (Fsp3) is 0.350. The van der Waals surface area contributed by atoms with Crippen LogP contribution in [0.15, 0.2) is 29.1 Å². The highest BCUT2D eigenvalue weighted by molar-refractivity contribution is 7.18. The number of fused-ring (bicyclic) bond motifs is 3. The molecule has 0 radical (unpaired) electrons. The van der Waals surface area contributed by atoms with E-state index in [4.69, 9.17) is 4.98 Å². The number of aromatic nitrogens is 2. The molecule has 0 bridgehead atoms. The Balaban J connectivity index is 1.94. The topological polar surface area (TPSA) is 72.2 Å². The average molecular weight is 368 g/mol. The number of nitrogens with zero attached hydrogens (tertiary/aromatic N) is 2. The molecule has 134 valence electrons. The van der Waals surface area contributed by atoms with Gasteiger partial charge in [-0.15, -0.1) is 11.3 Å². The minimum absolute atomic E-state index is 0.110. The van der Waals surface area contributed by atoms with Crippen LogP contribution in [0.5, 0.6) is 0 Å². The smallest absolute Gasteiger partial charge is 0.311 e. The quantitative estimate of drug-likeness (QED) is 0.765. The number of carboxylic acids is 1. The van der Waals surface area contributed by atoms with Gasteiger partial charge in [0, 0.05) is 11.3 Å². The summed E-state index contributed by atoms with van der Waals surface area (Å²) < 4.78 is 1.72. The molecule has 1 unspecified atom stereocenters. The van der Waals surface area contributed by atoms with E-state index in [0.29, 0.717) is 41.6 Å². The molecule has 1 aliphatic carbocycles. The monoisotopic (exact) mass is 368 g/mol. The van der Waals surface area contributed by atoms with E-state index in [9.17, 15) is 14.7 Å². The van der Waals surface area contributed by atoms with Gasteiger partial charge in [0.25, 0.3) is 5.56 Å². The lowest BCUT2D eigenvalue weighted by Gasteiger charge is -2.14. The molecule has 1 aromatic carbocycles. The van der Waals surface area contributed by atoms with Crippen LogP contribution in [-0.4, -0.2) is 20.6 Å². The number of aryl methyl sites for hydroxylation is 3. The third-order valence-electron chi connectivity index (χ3n) is 5.22. The number of hydrogen-bond acceptors (Lipinski definition) is 4. The summed E-state index contributed by atoms with van der Waals surface area (Å²) in [5.74, 6) is -0.696. The maximum atomic E-state index is 13.3. The lowest BCUT2D eigenvalue weighted by molar-refractivity contribution is -0.138. The molecule has 0 spiro atoms. The summed E-state index contributed by atoms with van der Waals surface area (Å²) in [6, 6.07) is 7.99. The average Bonchev–Trinajstić information content (AvgIpc) is 3.17. The van der Waals surface area contributed by atoms with Crippen molar-refractivity contribution in [2.45, 2.75) is 45.6 Å². The third-order valence-corrected chi connectivity index (χ3v) is 6.38. The zero-order valence-corrected chi connectivity index (χ0v) is 15.6.